The Bertz CT molecular complexity index is 440. The third kappa shape index (κ3) is 2.60. The van der Waals surface area contributed by atoms with Crippen molar-refractivity contribution in [1.82, 2.24) is 9.97 Å². The van der Waals surface area contributed by atoms with Crippen molar-refractivity contribution in [3.05, 3.63) is 17.6 Å². The molecule has 0 atom stereocenters. The van der Waals surface area contributed by atoms with Crippen molar-refractivity contribution in [1.29, 1.82) is 0 Å². The Balaban J connectivity index is 2.30. The van der Waals surface area contributed by atoms with E-state index in [1.165, 1.54) is 7.11 Å². The number of esters is 1. The minimum absolute atomic E-state index is 0.372. The van der Waals surface area contributed by atoms with E-state index in [0.717, 1.165) is 31.8 Å². The molecule has 0 aliphatic carbocycles. The zero-order chi connectivity index (χ0) is 13.1. The van der Waals surface area contributed by atoms with Crippen LogP contribution in [0, 0.1) is 12.8 Å². The summed E-state index contributed by atoms with van der Waals surface area (Å²) >= 11 is 0. The number of carbonyl (C=O) groups excluding carboxylic acids is 1. The van der Waals surface area contributed by atoms with Crippen molar-refractivity contribution in [2.75, 3.05) is 25.1 Å². The van der Waals surface area contributed by atoms with Crippen LogP contribution in [0.1, 0.15) is 35.9 Å². The quantitative estimate of drug-likeness (QED) is 0.748. The first-order valence-electron chi connectivity index (χ1n) is 6.28. The topological polar surface area (TPSA) is 55.3 Å². The first kappa shape index (κ1) is 12.8. The molecule has 5 nitrogen and oxygen atoms in total. The van der Waals surface area contributed by atoms with Crippen LogP contribution in [0.2, 0.25) is 0 Å². The molecule has 2 rings (SSSR count). The zero-order valence-corrected chi connectivity index (χ0v) is 11.1. The van der Waals surface area contributed by atoms with Crippen LogP contribution < -0.4 is 4.90 Å². The Hall–Kier alpha value is -1.65. The van der Waals surface area contributed by atoms with E-state index in [4.69, 9.17) is 4.74 Å². The largest absolute Gasteiger partial charge is 0.465 e. The maximum absolute atomic E-state index is 11.7. The van der Waals surface area contributed by atoms with Crippen molar-refractivity contribution < 1.29 is 9.53 Å². The van der Waals surface area contributed by atoms with Gasteiger partial charge in [0.05, 0.1) is 7.11 Å². The molecule has 0 bridgehead atoms. The summed E-state index contributed by atoms with van der Waals surface area (Å²) in [5, 5.41) is 0. The SMILES string of the molecule is COC(=O)c1cnc(C)nc1N1CCC(C)CC1. The van der Waals surface area contributed by atoms with Gasteiger partial charge in [-0.2, -0.15) is 0 Å². The summed E-state index contributed by atoms with van der Waals surface area (Å²) in [6, 6.07) is 0. The molecule has 5 heteroatoms. The molecular formula is C13H19N3O2. The third-order valence-electron chi connectivity index (χ3n) is 3.38. The smallest absolute Gasteiger partial charge is 0.343 e. The molecule has 0 radical (unpaired) electrons. The number of methoxy groups -OCH3 is 1. The minimum Gasteiger partial charge on any atom is -0.465 e. The molecule has 98 valence electrons. The Kier molecular flexibility index (Phi) is 3.79. The van der Waals surface area contributed by atoms with Crippen LogP contribution in [0.3, 0.4) is 0 Å². The fraction of sp³-hybridized carbons (Fsp3) is 0.615. The first-order chi connectivity index (χ1) is 8.61. The van der Waals surface area contributed by atoms with E-state index in [2.05, 4.69) is 21.8 Å². The van der Waals surface area contributed by atoms with Gasteiger partial charge in [-0.25, -0.2) is 14.8 Å². The normalized spacial score (nSPS) is 16.7. The third-order valence-corrected chi connectivity index (χ3v) is 3.38. The van der Waals surface area contributed by atoms with Crippen LogP contribution in [-0.4, -0.2) is 36.1 Å². The average Bonchev–Trinajstić information content (AvgIpc) is 2.38. The van der Waals surface area contributed by atoms with E-state index < -0.39 is 0 Å². The highest BCUT2D eigenvalue weighted by Gasteiger charge is 2.23. The molecule has 1 aliphatic heterocycles. The highest BCUT2D eigenvalue weighted by atomic mass is 16.5. The van der Waals surface area contributed by atoms with Crippen molar-refractivity contribution in [3.63, 3.8) is 0 Å². The maximum Gasteiger partial charge on any atom is 0.343 e. The Morgan fingerprint density at radius 3 is 2.72 bits per heavy atom. The highest BCUT2D eigenvalue weighted by molar-refractivity contribution is 5.94. The second kappa shape index (κ2) is 5.33. The van der Waals surface area contributed by atoms with E-state index in [0.29, 0.717) is 17.2 Å². The standard InChI is InChI=1S/C13H19N3O2/c1-9-4-6-16(7-5-9)12-11(13(17)18-3)8-14-10(2)15-12/h8-9H,4-7H2,1-3H3. The lowest BCUT2D eigenvalue weighted by atomic mass is 9.99. The van der Waals surface area contributed by atoms with Gasteiger partial charge in [0.1, 0.15) is 17.2 Å². The summed E-state index contributed by atoms with van der Waals surface area (Å²) < 4.78 is 4.78. The van der Waals surface area contributed by atoms with Gasteiger partial charge < -0.3 is 9.64 Å². The van der Waals surface area contributed by atoms with Crippen LogP contribution in [0.25, 0.3) is 0 Å². The van der Waals surface area contributed by atoms with Crippen molar-refractivity contribution in [2.45, 2.75) is 26.7 Å². The summed E-state index contributed by atoms with van der Waals surface area (Å²) in [4.78, 5) is 22.4. The maximum atomic E-state index is 11.7. The van der Waals surface area contributed by atoms with E-state index in [1.54, 1.807) is 6.20 Å². The summed E-state index contributed by atoms with van der Waals surface area (Å²) in [6.07, 6.45) is 3.81. The fourth-order valence-corrected chi connectivity index (χ4v) is 2.17. The van der Waals surface area contributed by atoms with Gasteiger partial charge in [-0.15, -0.1) is 0 Å². The van der Waals surface area contributed by atoms with Crippen LogP contribution in [0.5, 0.6) is 0 Å². The van der Waals surface area contributed by atoms with Gasteiger partial charge in [0, 0.05) is 19.3 Å². The number of aryl methyl sites for hydroxylation is 1. The summed E-state index contributed by atoms with van der Waals surface area (Å²) in [5.41, 5.74) is 0.456. The van der Waals surface area contributed by atoms with E-state index >= 15 is 0 Å². The van der Waals surface area contributed by atoms with Crippen molar-refractivity contribution >= 4 is 11.8 Å². The Morgan fingerprint density at radius 2 is 2.11 bits per heavy atom. The van der Waals surface area contributed by atoms with Crippen LogP contribution in [0.15, 0.2) is 6.20 Å². The van der Waals surface area contributed by atoms with E-state index in [9.17, 15) is 4.79 Å². The first-order valence-corrected chi connectivity index (χ1v) is 6.28. The fourth-order valence-electron chi connectivity index (χ4n) is 2.17. The number of nitrogens with zero attached hydrogens (tertiary/aromatic N) is 3. The van der Waals surface area contributed by atoms with Gasteiger partial charge in [-0.3, -0.25) is 0 Å². The van der Waals surface area contributed by atoms with Gasteiger partial charge in [0.25, 0.3) is 0 Å². The molecule has 0 amide bonds. The number of hydrogen-bond acceptors (Lipinski definition) is 5. The lowest BCUT2D eigenvalue weighted by Crippen LogP contribution is -2.35. The molecule has 1 aromatic rings. The van der Waals surface area contributed by atoms with Gasteiger partial charge in [-0.05, 0) is 25.7 Å². The number of piperidine rings is 1. The molecule has 0 saturated carbocycles. The number of hydrogen-bond donors (Lipinski definition) is 0. The summed E-state index contributed by atoms with van der Waals surface area (Å²) in [6.45, 7) is 5.95. The van der Waals surface area contributed by atoms with Gasteiger partial charge in [-0.1, -0.05) is 6.92 Å². The molecule has 1 fully saturated rings. The van der Waals surface area contributed by atoms with Gasteiger partial charge in [0.15, 0.2) is 0 Å². The second-order valence-corrected chi connectivity index (χ2v) is 4.82. The molecule has 18 heavy (non-hydrogen) atoms. The molecule has 1 saturated heterocycles. The number of ether oxygens (including phenoxy) is 1. The molecule has 0 N–H and O–H groups in total. The monoisotopic (exact) mass is 249 g/mol. The second-order valence-electron chi connectivity index (χ2n) is 4.82. The molecule has 0 aromatic carbocycles. The number of rotatable bonds is 2. The average molecular weight is 249 g/mol. The number of anilines is 1. The molecular weight excluding hydrogens is 230 g/mol. The molecule has 0 spiro atoms. The van der Waals surface area contributed by atoms with Gasteiger partial charge >= 0.3 is 5.97 Å². The highest BCUT2D eigenvalue weighted by Crippen LogP contribution is 2.24. The van der Waals surface area contributed by atoms with Crippen LogP contribution >= 0.6 is 0 Å². The van der Waals surface area contributed by atoms with E-state index in [-0.39, 0.29) is 5.97 Å². The Labute approximate surface area is 107 Å². The number of carbonyl (C=O) groups is 1. The molecule has 1 aliphatic rings. The molecule has 1 aromatic heterocycles. The van der Waals surface area contributed by atoms with Crippen molar-refractivity contribution in [2.24, 2.45) is 5.92 Å². The van der Waals surface area contributed by atoms with Crippen molar-refractivity contribution in [3.8, 4) is 0 Å². The van der Waals surface area contributed by atoms with Gasteiger partial charge in [0.2, 0.25) is 0 Å². The Morgan fingerprint density at radius 1 is 1.44 bits per heavy atom. The van der Waals surface area contributed by atoms with E-state index in [1.807, 2.05) is 6.92 Å². The summed E-state index contributed by atoms with van der Waals surface area (Å²) in [5.74, 6) is 1.76. The number of aromatic nitrogens is 2. The van der Waals surface area contributed by atoms with Crippen LogP contribution in [0.4, 0.5) is 5.82 Å². The minimum atomic E-state index is -0.372. The summed E-state index contributed by atoms with van der Waals surface area (Å²) in [7, 11) is 1.38. The van der Waals surface area contributed by atoms with Crippen LogP contribution in [-0.2, 0) is 4.74 Å². The predicted octanol–water partition coefficient (Wildman–Crippen LogP) is 1.81. The predicted molar refractivity (Wildman–Crippen MR) is 68.7 cm³/mol. The zero-order valence-electron chi connectivity index (χ0n) is 11.1. The molecule has 2 heterocycles. The lowest BCUT2D eigenvalue weighted by Gasteiger charge is -2.32. The molecule has 0 unspecified atom stereocenters. The lowest BCUT2D eigenvalue weighted by molar-refractivity contribution is 0.0600.